The molecular weight excluding hydrogens is 312 g/mol. The van der Waals surface area contributed by atoms with Gasteiger partial charge in [-0.3, -0.25) is 0 Å². The maximum Gasteiger partial charge on any atom is 0.178 e. The minimum Gasteiger partial charge on any atom is -0.224 e. The third-order valence-electron chi connectivity index (χ3n) is 3.67. The summed E-state index contributed by atoms with van der Waals surface area (Å²) in [4.78, 5) is 0.438. The topological polar surface area (TPSA) is 34.1 Å². The van der Waals surface area contributed by atoms with Crippen LogP contribution in [0, 0.1) is 5.92 Å². The predicted molar refractivity (Wildman–Crippen MR) is 77.4 cm³/mol. The van der Waals surface area contributed by atoms with Crippen molar-refractivity contribution in [2.45, 2.75) is 43.4 Å². The SMILES string of the molecule is O=S(=O)(CCC1CCCCC1)c1cccc(Br)c1. The number of hydrogen-bond donors (Lipinski definition) is 0. The van der Waals surface area contributed by atoms with Crippen molar-refractivity contribution < 1.29 is 8.42 Å². The van der Waals surface area contributed by atoms with E-state index in [0.29, 0.717) is 10.8 Å². The Hall–Kier alpha value is -0.350. The molecule has 1 fully saturated rings. The first kappa shape index (κ1) is 14.1. The van der Waals surface area contributed by atoms with Crippen LogP contribution in [0.4, 0.5) is 0 Å². The van der Waals surface area contributed by atoms with Gasteiger partial charge in [0.25, 0.3) is 0 Å². The molecule has 0 bridgehead atoms. The number of rotatable bonds is 4. The van der Waals surface area contributed by atoms with Crippen LogP contribution in [-0.2, 0) is 9.84 Å². The summed E-state index contributed by atoms with van der Waals surface area (Å²) in [7, 11) is -3.11. The minimum absolute atomic E-state index is 0.286. The third-order valence-corrected chi connectivity index (χ3v) is 5.91. The molecule has 0 saturated heterocycles. The van der Waals surface area contributed by atoms with E-state index in [1.165, 1.54) is 32.1 Å². The van der Waals surface area contributed by atoms with Gasteiger partial charge in [0.1, 0.15) is 0 Å². The molecule has 1 aromatic carbocycles. The lowest BCUT2D eigenvalue weighted by Gasteiger charge is -2.21. The summed E-state index contributed by atoms with van der Waals surface area (Å²) < 4.78 is 25.2. The van der Waals surface area contributed by atoms with Gasteiger partial charge in [0.15, 0.2) is 9.84 Å². The Kier molecular flexibility index (Phi) is 4.84. The molecule has 1 aliphatic carbocycles. The molecule has 0 N–H and O–H groups in total. The van der Waals surface area contributed by atoms with Gasteiger partial charge in [0.2, 0.25) is 0 Å². The highest BCUT2D eigenvalue weighted by atomic mass is 79.9. The van der Waals surface area contributed by atoms with Crippen molar-refractivity contribution in [2.75, 3.05) is 5.75 Å². The van der Waals surface area contributed by atoms with Crippen LogP contribution in [0.1, 0.15) is 38.5 Å². The molecule has 0 spiro atoms. The average molecular weight is 331 g/mol. The first-order valence-electron chi connectivity index (χ1n) is 6.56. The second-order valence-electron chi connectivity index (χ2n) is 5.07. The average Bonchev–Trinajstić information content (AvgIpc) is 2.38. The zero-order valence-corrected chi connectivity index (χ0v) is 12.8. The van der Waals surface area contributed by atoms with Gasteiger partial charge in [-0.15, -0.1) is 0 Å². The lowest BCUT2D eigenvalue weighted by Crippen LogP contribution is -2.14. The van der Waals surface area contributed by atoms with E-state index in [4.69, 9.17) is 0 Å². The number of benzene rings is 1. The normalized spacial score (nSPS) is 17.8. The van der Waals surface area contributed by atoms with E-state index in [2.05, 4.69) is 15.9 Å². The first-order chi connectivity index (χ1) is 8.58. The Balaban J connectivity index is 1.98. The highest BCUT2D eigenvalue weighted by molar-refractivity contribution is 9.10. The van der Waals surface area contributed by atoms with Crippen LogP contribution in [0.5, 0.6) is 0 Å². The number of hydrogen-bond acceptors (Lipinski definition) is 2. The number of halogens is 1. The quantitative estimate of drug-likeness (QED) is 0.829. The van der Waals surface area contributed by atoms with Gasteiger partial charge >= 0.3 is 0 Å². The monoisotopic (exact) mass is 330 g/mol. The van der Waals surface area contributed by atoms with Gasteiger partial charge in [-0.25, -0.2) is 8.42 Å². The molecule has 0 unspecified atom stereocenters. The van der Waals surface area contributed by atoms with E-state index >= 15 is 0 Å². The summed E-state index contributed by atoms with van der Waals surface area (Å²) >= 11 is 3.32. The van der Waals surface area contributed by atoms with E-state index in [9.17, 15) is 8.42 Å². The number of sulfone groups is 1. The summed E-state index contributed by atoms with van der Waals surface area (Å²) in [5.74, 6) is 0.898. The second kappa shape index (κ2) is 6.20. The fraction of sp³-hybridized carbons (Fsp3) is 0.571. The standard InChI is InChI=1S/C14H19BrO2S/c15-13-7-4-8-14(11-13)18(16,17)10-9-12-5-2-1-3-6-12/h4,7-8,11-12H,1-3,5-6,9-10H2. The summed E-state index contributed by atoms with van der Waals surface area (Å²) in [6.45, 7) is 0. The van der Waals surface area contributed by atoms with Crippen LogP contribution in [0.15, 0.2) is 33.6 Å². The van der Waals surface area contributed by atoms with Crippen molar-refractivity contribution in [3.63, 3.8) is 0 Å². The Morgan fingerprint density at radius 3 is 2.56 bits per heavy atom. The van der Waals surface area contributed by atoms with Crippen LogP contribution in [-0.4, -0.2) is 14.2 Å². The van der Waals surface area contributed by atoms with Crippen LogP contribution < -0.4 is 0 Å². The van der Waals surface area contributed by atoms with E-state index < -0.39 is 9.84 Å². The maximum atomic E-state index is 12.2. The van der Waals surface area contributed by atoms with E-state index in [0.717, 1.165) is 10.9 Å². The van der Waals surface area contributed by atoms with Crippen LogP contribution in [0.25, 0.3) is 0 Å². The Morgan fingerprint density at radius 1 is 1.17 bits per heavy atom. The molecule has 100 valence electrons. The van der Waals surface area contributed by atoms with Crippen LogP contribution in [0.3, 0.4) is 0 Å². The Bertz CT molecular complexity index is 490. The van der Waals surface area contributed by atoms with Gasteiger partial charge in [-0.2, -0.15) is 0 Å². The predicted octanol–water partition coefficient (Wildman–Crippen LogP) is 4.19. The van der Waals surface area contributed by atoms with E-state index in [1.54, 1.807) is 18.2 Å². The highest BCUT2D eigenvalue weighted by Gasteiger charge is 2.19. The second-order valence-corrected chi connectivity index (χ2v) is 8.09. The zero-order valence-electron chi connectivity index (χ0n) is 10.4. The summed E-state index contributed by atoms with van der Waals surface area (Å²) in [6.07, 6.45) is 7.06. The molecule has 0 atom stereocenters. The van der Waals surface area contributed by atoms with Crippen LogP contribution >= 0.6 is 15.9 Å². The highest BCUT2D eigenvalue weighted by Crippen LogP contribution is 2.27. The molecule has 4 heteroatoms. The largest absolute Gasteiger partial charge is 0.224 e. The van der Waals surface area contributed by atoms with Gasteiger partial charge in [0, 0.05) is 4.47 Å². The van der Waals surface area contributed by atoms with Crippen molar-refractivity contribution >= 4 is 25.8 Å². The van der Waals surface area contributed by atoms with Crippen molar-refractivity contribution in [3.05, 3.63) is 28.7 Å². The molecule has 18 heavy (non-hydrogen) atoms. The summed E-state index contributed by atoms with van der Waals surface area (Å²) in [5.41, 5.74) is 0. The molecule has 1 aromatic rings. The molecule has 0 aromatic heterocycles. The van der Waals surface area contributed by atoms with Gasteiger partial charge in [-0.05, 0) is 30.5 Å². The first-order valence-corrected chi connectivity index (χ1v) is 9.01. The lowest BCUT2D eigenvalue weighted by molar-refractivity contribution is 0.350. The lowest BCUT2D eigenvalue weighted by atomic mass is 9.88. The van der Waals surface area contributed by atoms with E-state index in [1.807, 2.05) is 6.07 Å². The van der Waals surface area contributed by atoms with E-state index in [-0.39, 0.29) is 5.75 Å². The zero-order chi connectivity index (χ0) is 13.0. The van der Waals surface area contributed by atoms with Crippen molar-refractivity contribution in [3.8, 4) is 0 Å². The maximum absolute atomic E-state index is 12.2. The third kappa shape index (κ3) is 3.82. The van der Waals surface area contributed by atoms with Crippen molar-refractivity contribution in [1.82, 2.24) is 0 Å². The molecule has 0 radical (unpaired) electrons. The molecule has 0 aliphatic heterocycles. The van der Waals surface area contributed by atoms with Crippen molar-refractivity contribution in [2.24, 2.45) is 5.92 Å². The fourth-order valence-corrected chi connectivity index (χ4v) is 4.60. The Labute approximate surface area is 118 Å². The molecule has 0 heterocycles. The molecule has 2 rings (SSSR count). The molecule has 1 aliphatic rings. The molecule has 2 nitrogen and oxygen atoms in total. The van der Waals surface area contributed by atoms with Crippen molar-refractivity contribution in [1.29, 1.82) is 0 Å². The molecular formula is C14H19BrO2S. The van der Waals surface area contributed by atoms with Gasteiger partial charge in [-0.1, -0.05) is 54.1 Å². The smallest absolute Gasteiger partial charge is 0.178 e. The van der Waals surface area contributed by atoms with Gasteiger partial charge in [0.05, 0.1) is 10.6 Å². The molecule has 1 saturated carbocycles. The minimum atomic E-state index is -3.11. The summed E-state index contributed by atoms with van der Waals surface area (Å²) in [6, 6.07) is 6.99. The fourth-order valence-electron chi connectivity index (χ4n) is 2.58. The molecule has 0 amide bonds. The van der Waals surface area contributed by atoms with Crippen LogP contribution in [0.2, 0.25) is 0 Å². The van der Waals surface area contributed by atoms with Gasteiger partial charge < -0.3 is 0 Å². The summed E-state index contributed by atoms with van der Waals surface area (Å²) in [5, 5.41) is 0. The Morgan fingerprint density at radius 2 is 1.89 bits per heavy atom.